The molecule has 6 N–H and O–H groups in total. The molecule has 0 aromatic heterocycles. The number of nitrogens with one attached hydrogen (secondary N) is 2. The van der Waals surface area contributed by atoms with Gasteiger partial charge in [-0.25, -0.2) is 0 Å². The lowest BCUT2D eigenvalue weighted by Crippen LogP contribution is -2.28. The number of nitrogens with two attached hydrogens (primary N) is 2. The van der Waals surface area contributed by atoms with Crippen molar-refractivity contribution in [1.29, 1.82) is 0 Å². The van der Waals surface area contributed by atoms with Gasteiger partial charge >= 0.3 is 0 Å². The normalized spacial score (nSPS) is 10.4. The van der Waals surface area contributed by atoms with Gasteiger partial charge in [0.25, 0.3) is 0 Å². The van der Waals surface area contributed by atoms with Crippen LogP contribution in [-0.4, -0.2) is 38.0 Å². The summed E-state index contributed by atoms with van der Waals surface area (Å²) < 4.78 is 0. The van der Waals surface area contributed by atoms with Crippen molar-refractivity contribution < 1.29 is 4.79 Å². The zero-order valence-electron chi connectivity index (χ0n) is 11.5. The van der Waals surface area contributed by atoms with Crippen molar-refractivity contribution >= 4 is 11.9 Å². The van der Waals surface area contributed by atoms with E-state index in [1.165, 1.54) is 0 Å². The molecule has 6 nitrogen and oxygen atoms in total. The van der Waals surface area contributed by atoms with Crippen LogP contribution < -0.4 is 22.1 Å². The van der Waals surface area contributed by atoms with Crippen LogP contribution in [0, 0.1) is 5.92 Å². The lowest BCUT2D eigenvalue weighted by molar-refractivity contribution is -0.121. The summed E-state index contributed by atoms with van der Waals surface area (Å²) in [5, 5.41) is 6.17. The average molecular weight is 257 g/mol. The summed E-state index contributed by atoms with van der Waals surface area (Å²) >= 11 is 0. The summed E-state index contributed by atoms with van der Waals surface area (Å²) in [5.41, 5.74) is 10.4. The topological polar surface area (TPSA) is 106 Å². The number of hydrogen-bond donors (Lipinski definition) is 4. The Morgan fingerprint density at radius 3 is 2.44 bits per heavy atom. The van der Waals surface area contributed by atoms with Crippen molar-refractivity contribution in [2.24, 2.45) is 22.4 Å². The number of amides is 1. The maximum Gasteiger partial charge on any atom is 0.220 e. The number of hydrogen-bond acceptors (Lipinski definition) is 3. The van der Waals surface area contributed by atoms with Gasteiger partial charge in [-0.2, -0.15) is 0 Å². The third-order valence-electron chi connectivity index (χ3n) is 2.25. The van der Waals surface area contributed by atoms with Gasteiger partial charge in [-0.05, 0) is 31.8 Å². The van der Waals surface area contributed by atoms with Crippen LogP contribution in [0.2, 0.25) is 0 Å². The molecule has 0 spiro atoms. The fourth-order valence-electron chi connectivity index (χ4n) is 1.42. The van der Waals surface area contributed by atoms with Gasteiger partial charge in [0, 0.05) is 19.5 Å². The van der Waals surface area contributed by atoms with E-state index in [0.29, 0.717) is 18.9 Å². The van der Waals surface area contributed by atoms with Crippen LogP contribution >= 0.6 is 0 Å². The molecule has 0 bridgehead atoms. The molecule has 0 aromatic rings. The Balaban J connectivity index is 3.21. The molecular weight excluding hydrogens is 230 g/mol. The first-order valence-corrected chi connectivity index (χ1v) is 6.55. The fraction of sp³-hybridized carbons (Fsp3) is 0.833. The van der Waals surface area contributed by atoms with E-state index in [-0.39, 0.29) is 11.9 Å². The lowest BCUT2D eigenvalue weighted by atomic mass is 10.1. The third-order valence-corrected chi connectivity index (χ3v) is 2.25. The zero-order chi connectivity index (χ0) is 13.8. The van der Waals surface area contributed by atoms with Crippen molar-refractivity contribution in [3.8, 4) is 0 Å². The molecule has 6 heteroatoms. The molecule has 0 heterocycles. The average Bonchev–Trinajstić information content (AvgIpc) is 2.25. The van der Waals surface area contributed by atoms with Crippen molar-refractivity contribution in [1.82, 2.24) is 10.6 Å². The quantitative estimate of drug-likeness (QED) is 0.247. The first kappa shape index (κ1) is 16.7. The van der Waals surface area contributed by atoms with Gasteiger partial charge in [-0.3, -0.25) is 9.79 Å². The molecule has 0 radical (unpaired) electrons. The molecule has 0 aliphatic carbocycles. The number of rotatable bonds is 10. The number of carbonyl (C=O) groups is 1. The van der Waals surface area contributed by atoms with Gasteiger partial charge in [0.15, 0.2) is 5.96 Å². The highest BCUT2D eigenvalue weighted by atomic mass is 16.1. The Bertz CT molecular complexity index is 249. The number of nitrogens with zero attached hydrogens (tertiary/aromatic N) is 1. The van der Waals surface area contributed by atoms with Crippen molar-refractivity contribution in [2.45, 2.75) is 33.1 Å². The summed E-state index contributed by atoms with van der Waals surface area (Å²) in [6.07, 6.45) is 2.45. The van der Waals surface area contributed by atoms with E-state index in [2.05, 4.69) is 15.6 Å². The van der Waals surface area contributed by atoms with E-state index in [4.69, 9.17) is 11.5 Å². The van der Waals surface area contributed by atoms with Crippen LogP contribution in [0.4, 0.5) is 0 Å². The maximum atomic E-state index is 11.3. The SMILES string of the molecule is CC(C)CC(=O)NCCCNCCCN=C(N)N. The largest absolute Gasteiger partial charge is 0.370 e. The Morgan fingerprint density at radius 2 is 1.83 bits per heavy atom. The van der Waals surface area contributed by atoms with E-state index >= 15 is 0 Å². The Kier molecular flexibility index (Phi) is 10.0. The molecule has 0 rings (SSSR count). The molecule has 1 amide bonds. The van der Waals surface area contributed by atoms with Crippen LogP contribution in [0.5, 0.6) is 0 Å². The summed E-state index contributed by atoms with van der Waals surface area (Å²) in [6, 6.07) is 0. The summed E-state index contributed by atoms with van der Waals surface area (Å²) in [7, 11) is 0. The van der Waals surface area contributed by atoms with Crippen LogP contribution in [-0.2, 0) is 4.79 Å². The highest BCUT2D eigenvalue weighted by Gasteiger charge is 2.02. The molecule has 18 heavy (non-hydrogen) atoms. The van der Waals surface area contributed by atoms with Gasteiger partial charge < -0.3 is 22.1 Å². The zero-order valence-corrected chi connectivity index (χ0v) is 11.5. The minimum absolute atomic E-state index is 0.137. The summed E-state index contributed by atoms with van der Waals surface area (Å²) in [5.74, 6) is 0.694. The van der Waals surface area contributed by atoms with E-state index in [9.17, 15) is 4.79 Å². The van der Waals surface area contributed by atoms with Gasteiger partial charge in [0.1, 0.15) is 0 Å². The highest BCUT2D eigenvalue weighted by Crippen LogP contribution is 1.97. The monoisotopic (exact) mass is 257 g/mol. The van der Waals surface area contributed by atoms with Crippen LogP contribution in [0.1, 0.15) is 33.1 Å². The Labute approximate surface area is 110 Å². The second-order valence-electron chi connectivity index (χ2n) is 4.71. The molecule has 0 aromatic carbocycles. The number of aliphatic imine (C=N–C) groups is 1. The van der Waals surface area contributed by atoms with Crippen molar-refractivity contribution in [3.05, 3.63) is 0 Å². The molecule has 0 aliphatic rings. The first-order chi connectivity index (χ1) is 8.52. The van der Waals surface area contributed by atoms with E-state index in [0.717, 1.165) is 32.5 Å². The summed E-state index contributed by atoms with van der Waals surface area (Å²) in [4.78, 5) is 15.2. The third kappa shape index (κ3) is 12.8. The van der Waals surface area contributed by atoms with Gasteiger partial charge in [0.05, 0.1) is 0 Å². The molecule has 0 saturated heterocycles. The van der Waals surface area contributed by atoms with Gasteiger partial charge in [-0.1, -0.05) is 13.8 Å². The molecular formula is C12H27N5O. The Morgan fingerprint density at radius 1 is 1.17 bits per heavy atom. The van der Waals surface area contributed by atoms with E-state index in [1.807, 2.05) is 13.8 Å². The molecule has 0 fully saturated rings. The highest BCUT2D eigenvalue weighted by molar-refractivity contribution is 5.76. The van der Waals surface area contributed by atoms with Crippen molar-refractivity contribution in [3.63, 3.8) is 0 Å². The minimum atomic E-state index is 0.137. The summed E-state index contributed by atoms with van der Waals surface area (Å²) in [6.45, 7) is 7.24. The van der Waals surface area contributed by atoms with Crippen LogP contribution in [0.3, 0.4) is 0 Å². The molecule has 0 atom stereocenters. The molecule has 106 valence electrons. The first-order valence-electron chi connectivity index (χ1n) is 6.55. The number of carbonyl (C=O) groups excluding carboxylic acids is 1. The second-order valence-corrected chi connectivity index (χ2v) is 4.71. The van der Waals surface area contributed by atoms with Gasteiger partial charge in [-0.15, -0.1) is 0 Å². The fourth-order valence-corrected chi connectivity index (χ4v) is 1.42. The lowest BCUT2D eigenvalue weighted by Gasteiger charge is -2.07. The minimum Gasteiger partial charge on any atom is -0.370 e. The standard InChI is InChI=1S/C12H27N5O/c1-10(2)9-11(18)16-7-3-5-15-6-4-8-17-12(13)14/h10,15H,3-9H2,1-2H3,(H,16,18)(H4,13,14,17). The predicted molar refractivity (Wildman–Crippen MR) is 75.2 cm³/mol. The Hall–Kier alpha value is -1.30. The number of guanidine groups is 1. The molecule has 0 saturated carbocycles. The van der Waals surface area contributed by atoms with Crippen LogP contribution in [0.15, 0.2) is 4.99 Å². The second kappa shape index (κ2) is 10.8. The van der Waals surface area contributed by atoms with Crippen LogP contribution in [0.25, 0.3) is 0 Å². The predicted octanol–water partition coefficient (Wildman–Crippen LogP) is -0.208. The smallest absolute Gasteiger partial charge is 0.220 e. The van der Waals surface area contributed by atoms with Crippen molar-refractivity contribution in [2.75, 3.05) is 26.2 Å². The van der Waals surface area contributed by atoms with E-state index < -0.39 is 0 Å². The van der Waals surface area contributed by atoms with E-state index in [1.54, 1.807) is 0 Å². The molecule has 0 aliphatic heterocycles. The maximum absolute atomic E-state index is 11.3. The molecule has 0 unspecified atom stereocenters. The van der Waals surface area contributed by atoms with Gasteiger partial charge in [0.2, 0.25) is 5.91 Å².